The molecule has 0 spiro atoms. The summed E-state index contributed by atoms with van der Waals surface area (Å²) in [6, 6.07) is 9.15. The van der Waals surface area contributed by atoms with Gasteiger partial charge in [-0.15, -0.1) is 0 Å². The Hall–Kier alpha value is -2.63. The van der Waals surface area contributed by atoms with Crippen LogP contribution in [0.2, 0.25) is 0 Å². The molecule has 1 aromatic carbocycles. The first-order valence-electron chi connectivity index (χ1n) is 6.11. The van der Waals surface area contributed by atoms with Crippen LogP contribution in [0.1, 0.15) is 5.56 Å². The molecule has 0 saturated heterocycles. The third-order valence-electron chi connectivity index (χ3n) is 2.91. The maximum absolute atomic E-state index is 5.67. The fourth-order valence-electron chi connectivity index (χ4n) is 1.77. The molecule has 6 heteroatoms. The molecule has 0 bridgehead atoms. The highest BCUT2D eigenvalue weighted by Gasteiger charge is 2.06. The van der Waals surface area contributed by atoms with Crippen molar-refractivity contribution in [2.75, 3.05) is 31.0 Å². The molecule has 106 valence electrons. The number of methoxy groups -OCH3 is 2. The van der Waals surface area contributed by atoms with Gasteiger partial charge in [-0.3, -0.25) is 0 Å². The van der Waals surface area contributed by atoms with Crippen molar-refractivity contribution >= 4 is 17.3 Å². The number of benzene rings is 1. The fraction of sp³-hybridized carbons (Fsp3) is 0.214. The number of nitrogens with one attached hydrogen (secondary N) is 1. The Morgan fingerprint density at radius 1 is 1.10 bits per heavy atom. The summed E-state index contributed by atoms with van der Waals surface area (Å²) >= 11 is 0. The normalized spacial score (nSPS) is 10.1. The van der Waals surface area contributed by atoms with Gasteiger partial charge in [0.25, 0.3) is 0 Å². The van der Waals surface area contributed by atoms with Crippen molar-refractivity contribution < 1.29 is 9.47 Å². The van der Waals surface area contributed by atoms with E-state index in [-0.39, 0.29) is 0 Å². The number of nitrogen functional groups attached to an aromatic ring is 2. The van der Waals surface area contributed by atoms with Crippen LogP contribution in [0.5, 0.6) is 11.5 Å². The van der Waals surface area contributed by atoms with Crippen molar-refractivity contribution in [2.45, 2.75) is 6.54 Å². The average Bonchev–Trinajstić information content (AvgIpc) is 2.48. The molecule has 1 aromatic heterocycles. The van der Waals surface area contributed by atoms with E-state index >= 15 is 0 Å². The van der Waals surface area contributed by atoms with E-state index < -0.39 is 0 Å². The maximum Gasteiger partial charge on any atom is 0.149 e. The van der Waals surface area contributed by atoms with Gasteiger partial charge in [0.15, 0.2) is 0 Å². The molecule has 2 aromatic rings. The Morgan fingerprint density at radius 3 is 2.55 bits per heavy atom. The van der Waals surface area contributed by atoms with Gasteiger partial charge in [-0.05, 0) is 24.3 Å². The second kappa shape index (κ2) is 6.01. The summed E-state index contributed by atoms with van der Waals surface area (Å²) in [4.78, 5) is 4.15. The average molecular weight is 274 g/mol. The number of nitrogens with zero attached hydrogens (tertiary/aromatic N) is 1. The second-order valence-electron chi connectivity index (χ2n) is 4.20. The Balaban J connectivity index is 2.12. The van der Waals surface area contributed by atoms with Crippen molar-refractivity contribution in [3.8, 4) is 11.5 Å². The van der Waals surface area contributed by atoms with Crippen molar-refractivity contribution in [1.29, 1.82) is 0 Å². The highest BCUT2D eigenvalue weighted by atomic mass is 16.5. The van der Waals surface area contributed by atoms with Crippen LogP contribution in [0, 0.1) is 0 Å². The van der Waals surface area contributed by atoms with Crippen molar-refractivity contribution in [3.05, 3.63) is 35.9 Å². The van der Waals surface area contributed by atoms with E-state index in [1.807, 2.05) is 18.2 Å². The van der Waals surface area contributed by atoms with Gasteiger partial charge in [-0.2, -0.15) is 0 Å². The number of nitrogens with two attached hydrogens (primary N) is 2. The Morgan fingerprint density at radius 2 is 1.90 bits per heavy atom. The van der Waals surface area contributed by atoms with Crippen LogP contribution in [0.15, 0.2) is 30.3 Å². The van der Waals surface area contributed by atoms with Crippen molar-refractivity contribution in [1.82, 2.24) is 4.98 Å². The molecule has 0 radical (unpaired) electrons. The van der Waals surface area contributed by atoms with E-state index in [0.717, 1.165) is 17.1 Å². The minimum Gasteiger partial charge on any atom is -0.497 e. The van der Waals surface area contributed by atoms with E-state index in [9.17, 15) is 0 Å². The zero-order chi connectivity index (χ0) is 14.5. The van der Waals surface area contributed by atoms with Crippen LogP contribution in [-0.4, -0.2) is 19.2 Å². The molecule has 0 fully saturated rings. The molecule has 0 aliphatic carbocycles. The van der Waals surface area contributed by atoms with Gasteiger partial charge < -0.3 is 26.3 Å². The zero-order valence-corrected chi connectivity index (χ0v) is 11.5. The third kappa shape index (κ3) is 3.03. The van der Waals surface area contributed by atoms with Gasteiger partial charge in [-0.25, -0.2) is 4.98 Å². The van der Waals surface area contributed by atoms with E-state index in [0.29, 0.717) is 23.9 Å². The number of aromatic nitrogens is 1. The van der Waals surface area contributed by atoms with Crippen molar-refractivity contribution in [3.63, 3.8) is 0 Å². The van der Waals surface area contributed by atoms with E-state index in [1.165, 1.54) is 0 Å². The smallest absolute Gasteiger partial charge is 0.149 e. The monoisotopic (exact) mass is 274 g/mol. The Kier molecular flexibility index (Phi) is 4.14. The summed E-state index contributed by atoms with van der Waals surface area (Å²) < 4.78 is 10.5. The number of ether oxygens (including phenoxy) is 2. The van der Waals surface area contributed by atoms with Gasteiger partial charge in [-0.1, -0.05) is 0 Å². The summed E-state index contributed by atoms with van der Waals surface area (Å²) in [7, 11) is 3.24. The van der Waals surface area contributed by atoms with Gasteiger partial charge in [0.1, 0.15) is 23.1 Å². The number of hydrogen-bond acceptors (Lipinski definition) is 6. The minimum absolute atomic E-state index is 0.316. The Bertz CT molecular complexity index is 602. The molecule has 0 saturated carbocycles. The maximum atomic E-state index is 5.67. The molecular formula is C14H18N4O2. The first-order chi connectivity index (χ1) is 9.63. The van der Waals surface area contributed by atoms with Gasteiger partial charge in [0.2, 0.25) is 0 Å². The first-order valence-corrected chi connectivity index (χ1v) is 6.11. The predicted octanol–water partition coefficient (Wildman–Crippen LogP) is 1.88. The van der Waals surface area contributed by atoms with E-state index in [2.05, 4.69) is 10.3 Å². The van der Waals surface area contributed by atoms with Crippen molar-refractivity contribution in [2.24, 2.45) is 0 Å². The first kappa shape index (κ1) is 13.8. The van der Waals surface area contributed by atoms with Crippen LogP contribution in [0.25, 0.3) is 0 Å². The zero-order valence-electron chi connectivity index (χ0n) is 11.5. The molecule has 1 heterocycles. The summed E-state index contributed by atoms with van der Waals surface area (Å²) in [6.07, 6.45) is 0. The number of rotatable bonds is 5. The molecule has 0 aliphatic heterocycles. The predicted molar refractivity (Wildman–Crippen MR) is 79.9 cm³/mol. The molecule has 6 nitrogen and oxygen atoms in total. The van der Waals surface area contributed by atoms with Gasteiger partial charge >= 0.3 is 0 Å². The fourth-order valence-corrected chi connectivity index (χ4v) is 1.77. The molecule has 0 aliphatic rings. The topological polar surface area (TPSA) is 95.4 Å². The summed E-state index contributed by atoms with van der Waals surface area (Å²) in [5, 5.41) is 3.17. The molecule has 2 rings (SSSR count). The van der Waals surface area contributed by atoms with Crippen LogP contribution in [0.3, 0.4) is 0 Å². The van der Waals surface area contributed by atoms with E-state index in [1.54, 1.807) is 26.4 Å². The quantitative estimate of drug-likeness (QED) is 0.770. The molecule has 0 amide bonds. The lowest BCUT2D eigenvalue weighted by Gasteiger charge is -2.12. The summed E-state index contributed by atoms with van der Waals surface area (Å²) in [5.74, 6) is 2.48. The molecule has 0 unspecified atom stereocenters. The third-order valence-corrected chi connectivity index (χ3v) is 2.91. The van der Waals surface area contributed by atoms with Crippen LogP contribution in [-0.2, 0) is 6.54 Å². The number of pyridine rings is 1. The number of hydrogen-bond donors (Lipinski definition) is 3. The van der Waals surface area contributed by atoms with E-state index in [4.69, 9.17) is 20.9 Å². The molecular weight excluding hydrogens is 256 g/mol. The molecule has 20 heavy (non-hydrogen) atoms. The summed E-state index contributed by atoms with van der Waals surface area (Å²) in [6.45, 7) is 0.559. The highest BCUT2D eigenvalue weighted by molar-refractivity contribution is 5.61. The lowest BCUT2D eigenvalue weighted by atomic mass is 10.2. The largest absolute Gasteiger partial charge is 0.497 e. The van der Waals surface area contributed by atoms with Crippen LogP contribution >= 0.6 is 0 Å². The number of anilines is 3. The van der Waals surface area contributed by atoms with Gasteiger partial charge in [0, 0.05) is 18.2 Å². The standard InChI is InChI=1S/C14H18N4O2/c1-19-10-4-3-9(12(7-10)20-2)8-17-13-6-5-11(15)14(16)18-13/h3-7H,8,15H2,1-2H3,(H3,16,17,18). The molecule has 5 N–H and O–H groups in total. The van der Waals surface area contributed by atoms with Crippen LogP contribution in [0.4, 0.5) is 17.3 Å². The SMILES string of the molecule is COc1ccc(CNc2ccc(N)c(N)n2)c(OC)c1. The minimum atomic E-state index is 0.316. The van der Waals surface area contributed by atoms with Crippen LogP contribution < -0.4 is 26.3 Å². The lowest BCUT2D eigenvalue weighted by molar-refractivity contribution is 0.391. The Labute approximate surface area is 117 Å². The molecule has 0 atom stereocenters. The van der Waals surface area contributed by atoms with Gasteiger partial charge in [0.05, 0.1) is 19.9 Å². The second-order valence-corrected chi connectivity index (χ2v) is 4.20. The lowest BCUT2D eigenvalue weighted by Crippen LogP contribution is -2.05. The summed E-state index contributed by atoms with van der Waals surface area (Å²) in [5.41, 5.74) is 12.8. The highest BCUT2D eigenvalue weighted by Crippen LogP contribution is 2.25.